The van der Waals surface area contributed by atoms with Crippen LogP contribution in [0.3, 0.4) is 0 Å². The van der Waals surface area contributed by atoms with Crippen molar-refractivity contribution in [3.8, 4) is 0 Å². The Morgan fingerprint density at radius 1 is 0.971 bits per heavy atom. The number of ether oxygens (including phenoxy) is 2. The number of benzene rings is 1. The van der Waals surface area contributed by atoms with E-state index in [1.165, 1.54) is 7.11 Å². The summed E-state index contributed by atoms with van der Waals surface area (Å²) in [6.07, 6.45) is 4.89. The highest BCUT2D eigenvalue weighted by Crippen LogP contribution is 2.40. The summed E-state index contributed by atoms with van der Waals surface area (Å²) in [6.45, 7) is 12.2. The van der Waals surface area contributed by atoms with Gasteiger partial charge in [-0.15, -0.1) is 0 Å². The number of methoxy groups -OCH3 is 1. The quantitative estimate of drug-likeness (QED) is 0.238. The fraction of sp³-hybridized carbons (Fsp3) is 0.538. The maximum atomic E-state index is 13.9. The van der Waals surface area contributed by atoms with Gasteiger partial charge in [0.1, 0.15) is 17.9 Å². The van der Waals surface area contributed by atoms with Gasteiger partial charge in [-0.1, -0.05) is 49.6 Å². The molecule has 0 radical (unpaired) electrons. The maximum absolute atomic E-state index is 13.9. The Kier molecular flexibility index (Phi) is 8.53. The molecule has 7 nitrogen and oxygen atoms in total. The molecule has 0 spiro atoms. The van der Waals surface area contributed by atoms with Crippen molar-refractivity contribution in [1.29, 1.82) is 0 Å². The van der Waals surface area contributed by atoms with Crippen LogP contribution in [-0.4, -0.2) is 46.6 Å². The summed E-state index contributed by atoms with van der Waals surface area (Å²) in [5, 5.41) is 0. The third-order valence-electron chi connectivity index (χ3n) is 5.66. The molecular formula is C26H39NO6Si2. The lowest BCUT2D eigenvalue weighted by molar-refractivity contribution is -0.140. The lowest BCUT2D eigenvalue weighted by Gasteiger charge is -2.34. The minimum absolute atomic E-state index is 0.0523. The van der Waals surface area contributed by atoms with Crippen molar-refractivity contribution in [3.63, 3.8) is 0 Å². The van der Waals surface area contributed by atoms with E-state index in [0.717, 1.165) is 37.7 Å². The highest BCUT2D eigenvalue weighted by molar-refractivity contribution is 6.70. The average Bonchev–Trinajstić information content (AvgIpc) is 3.07. The molecule has 2 aliphatic rings. The fourth-order valence-electron chi connectivity index (χ4n) is 4.28. The molecule has 35 heavy (non-hydrogen) atoms. The van der Waals surface area contributed by atoms with Gasteiger partial charge in [0.25, 0.3) is 11.9 Å². The molecule has 0 unspecified atom stereocenters. The van der Waals surface area contributed by atoms with Gasteiger partial charge >= 0.3 is 5.97 Å². The lowest BCUT2D eigenvalue weighted by atomic mass is 9.94. The Bertz CT molecular complexity index is 985. The third-order valence-corrected chi connectivity index (χ3v) is 7.27. The van der Waals surface area contributed by atoms with Crippen LogP contribution in [0.2, 0.25) is 39.3 Å². The molecule has 0 N–H and O–H groups in total. The summed E-state index contributed by atoms with van der Waals surface area (Å²) in [4.78, 5) is 29.2. The summed E-state index contributed by atoms with van der Waals surface area (Å²) in [5.41, 5.74) is 1.31. The van der Waals surface area contributed by atoms with E-state index in [2.05, 4.69) is 0 Å². The predicted octanol–water partition coefficient (Wildman–Crippen LogP) is 5.68. The Labute approximate surface area is 211 Å². The van der Waals surface area contributed by atoms with E-state index >= 15 is 0 Å². The van der Waals surface area contributed by atoms with E-state index in [4.69, 9.17) is 18.3 Å². The normalized spacial score (nSPS) is 19.1. The van der Waals surface area contributed by atoms with Crippen LogP contribution in [0.5, 0.6) is 0 Å². The summed E-state index contributed by atoms with van der Waals surface area (Å²) >= 11 is 0. The first-order valence-electron chi connectivity index (χ1n) is 12.4. The second-order valence-electron chi connectivity index (χ2n) is 11.0. The molecule has 1 fully saturated rings. The molecule has 1 aliphatic heterocycles. The van der Waals surface area contributed by atoms with Crippen LogP contribution in [-0.2, 0) is 34.5 Å². The van der Waals surface area contributed by atoms with Crippen molar-refractivity contribution in [2.24, 2.45) is 0 Å². The van der Waals surface area contributed by atoms with E-state index in [-0.39, 0.29) is 35.8 Å². The number of nitrogens with zero attached hydrogens (tertiary/aromatic N) is 1. The van der Waals surface area contributed by atoms with Crippen LogP contribution < -0.4 is 0 Å². The van der Waals surface area contributed by atoms with E-state index in [9.17, 15) is 9.59 Å². The zero-order valence-corrected chi connectivity index (χ0v) is 24.1. The smallest absolute Gasteiger partial charge is 0.344 e. The standard InChI is InChI=1S/C26H39NO6Si2/c1-30-26(33-35(5,6)7)22-21(25(29)31-18-19-14-10-8-11-15-19)23(32-34(2,3)4)24(28)27(22)20-16-12-9-13-17-20/h8,10-11,14-15,20H,9,12-13,16-18H2,1-7H3/b26-22+. The summed E-state index contributed by atoms with van der Waals surface area (Å²) in [7, 11) is -2.88. The molecule has 0 aromatic heterocycles. The van der Waals surface area contributed by atoms with Gasteiger partial charge in [0.2, 0.25) is 16.6 Å². The molecular weight excluding hydrogens is 478 g/mol. The van der Waals surface area contributed by atoms with Crippen molar-refractivity contribution < 1.29 is 27.9 Å². The van der Waals surface area contributed by atoms with Gasteiger partial charge in [-0.3, -0.25) is 9.69 Å². The van der Waals surface area contributed by atoms with Gasteiger partial charge in [0.15, 0.2) is 5.76 Å². The number of hydrogen-bond donors (Lipinski definition) is 0. The second kappa shape index (κ2) is 11.0. The topological polar surface area (TPSA) is 74.3 Å². The van der Waals surface area contributed by atoms with Crippen LogP contribution in [0.25, 0.3) is 0 Å². The molecule has 0 atom stereocenters. The molecule has 0 saturated heterocycles. The molecule has 1 saturated carbocycles. The second-order valence-corrected chi connectivity index (χ2v) is 19.9. The number of carbonyl (C=O) groups excluding carboxylic acids is 2. The van der Waals surface area contributed by atoms with Crippen LogP contribution >= 0.6 is 0 Å². The molecule has 1 amide bonds. The molecule has 0 bridgehead atoms. The molecule has 1 aliphatic carbocycles. The van der Waals surface area contributed by atoms with Crippen molar-refractivity contribution in [1.82, 2.24) is 4.90 Å². The van der Waals surface area contributed by atoms with E-state index in [1.54, 1.807) is 4.90 Å². The van der Waals surface area contributed by atoms with Crippen LogP contribution in [0, 0.1) is 0 Å². The Morgan fingerprint density at radius 3 is 2.14 bits per heavy atom. The molecule has 1 heterocycles. The number of rotatable bonds is 9. The van der Waals surface area contributed by atoms with Gasteiger partial charge in [-0.05, 0) is 57.7 Å². The number of esters is 1. The number of amides is 1. The van der Waals surface area contributed by atoms with E-state index in [0.29, 0.717) is 5.70 Å². The summed E-state index contributed by atoms with van der Waals surface area (Å²) < 4.78 is 24.0. The molecule has 9 heteroatoms. The van der Waals surface area contributed by atoms with Crippen molar-refractivity contribution in [2.45, 2.75) is 84.0 Å². The molecule has 1 aromatic carbocycles. The molecule has 3 rings (SSSR count). The lowest BCUT2D eigenvalue weighted by Crippen LogP contribution is -2.40. The number of hydrogen-bond acceptors (Lipinski definition) is 6. The first kappa shape index (κ1) is 27.1. The number of carbonyl (C=O) groups is 2. The summed E-state index contributed by atoms with van der Waals surface area (Å²) in [6, 6.07) is 9.42. The van der Waals surface area contributed by atoms with Crippen LogP contribution in [0.1, 0.15) is 37.7 Å². The monoisotopic (exact) mass is 517 g/mol. The van der Waals surface area contributed by atoms with Gasteiger partial charge in [0.05, 0.1) is 7.11 Å². The van der Waals surface area contributed by atoms with Gasteiger partial charge in [0, 0.05) is 6.04 Å². The van der Waals surface area contributed by atoms with Crippen molar-refractivity contribution >= 4 is 28.5 Å². The van der Waals surface area contributed by atoms with E-state index in [1.807, 2.05) is 69.6 Å². The van der Waals surface area contributed by atoms with Gasteiger partial charge in [-0.2, -0.15) is 0 Å². The Hall–Kier alpha value is -2.53. The Balaban J connectivity index is 2.12. The minimum atomic E-state index is -2.25. The maximum Gasteiger partial charge on any atom is 0.344 e. The largest absolute Gasteiger partial charge is 0.540 e. The van der Waals surface area contributed by atoms with Crippen molar-refractivity contribution in [2.75, 3.05) is 7.11 Å². The third kappa shape index (κ3) is 7.01. The molecule has 192 valence electrons. The van der Waals surface area contributed by atoms with Crippen LogP contribution in [0.15, 0.2) is 53.3 Å². The van der Waals surface area contributed by atoms with Crippen molar-refractivity contribution in [3.05, 3.63) is 58.9 Å². The highest BCUT2D eigenvalue weighted by atomic mass is 28.4. The first-order valence-corrected chi connectivity index (χ1v) is 19.2. The predicted molar refractivity (Wildman–Crippen MR) is 140 cm³/mol. The summed E-state index contributed by atoms with van der Waals surface area (Å²) in [5.74, 6) is -0.687. The van der Waals surface area contributed by atoms with Crippen LogP contribution in [0.4, 0.5) is 0 Å². The zero-order valence-electron chi connectivity index (χ0n) is 22.1. The van der Waals surface area contributed by atoms with Gasteiger partial charge < -0.3 is 18.3 Å². The first-order chi connectivity index (χ1) is 16.4. The molecule has 1 aromatic rings. The SMILES string of the molecule is CO/C(O[Si](C)(C)C)=C1/C(C(=O)OCc2ccccc2)=C(O[Si](C)(C)C)C(=O)N1C1CCCCC1. The zero-order chi connectivity index (χ0) is 25.8. The van der Waals surface area contributed by atoms with Gasteiger partial charge in [-0.25, -0.2) is 4.79 Å². The Morgan fingerprint density at radius 2 is 1.60 bits per heavy atom. The highest BCUT2D eigenvalue weighted by Gasteiger charge is 2.48. The van der Waals surface area contributed by atoms with E-state index < -0.39 is 22.6 Å². The average molecular weight is 518 g/mol. The minimum Gasteiger partial charge on any atom is -0.540 e. The fourth-order valence-corrected chi connectivity index (χ4v) is 5.82.